The fourth-order valence-electron chi connectivity index (χ4n) is 2.73. The minimum atomic E-state index is -0.172. The van der Waals surface area contributed by atoms with E-state index in [-0.39, 0.29) is 11.9 Å². The van der Waals surface area contributed by atoms with Crippen molar-refractivity contribution in [2.24, 2.45) is 0 Å². The first kappa shape index (κ1) is 15.7. The fraction of sp³-hybridized carbons (Fsp3) is 0.222. The lowest BCUT2D eigenvalue weighted by molar-refractivity contribution is 0.0937. The lowest BCUT2D eigenvalue weighted by atomic mass is 10.2. The number of aromatic nitrogens is 2. The zero-order valence-electron chi connectivity index (χ0n) is 13.1. The number of carbonyl (C=O) groups is 1. The number of imidazole rings is 1. The molecule has 0 aliphatic rings. The Kier molecular flexibility index (Phi) is 4.48. The molecule has 0 aliphatic carbocycles. The molecule has 4 nitrogen and oxygen atoms in total. The highest BCUT2D eigenvalue weighted by molar-refractivity contribution is 9.10. The lowest BCUT2D eigenvalue weighted by Gasteiger charge is -2.15. The molecular formula is C18H18BrN3O. The van der Waals surface area contributed by atoms with Gasteiger partial charge >= 0.3 is 0 Å². The van der Waals surface area contributed by atoms with Crippen molar-refractivity contribution in [1.82, 2.24) is 14.9 Å². The van der Waals surface area contributed by atoms with Crippen LogP contribution in [0, 0.1) is 0 Å². The maximum atomic E-state index is 12.4. The van der Waals surface area contributed by atoms with Crippen LogP contribution in [-0.2, 0) is 6.54 Å². The third-order valence-electron chi connectivity index (χ3n) is 3.82. The summed E-state index contributed by atoms with van der Waals surface area (Å²) in [5.41, 5.74) is 2.67. The summed E-state index contributed by atoms with van der Waals surface area (Å²) in [6.45, 7) is 4.86. The first-order valence-electron chi connectivity index (χ1n) is 7.61. The Labute approximate surface area is 143 Å². The molecule has 1 heterocycles. The molecule has 1 aromatic heterocycles. The Balaban J connectivity index is 1.88. The van der Waals surface area contributed by atoms with Crippen molar-refractivity contribution in [2.45, 2.75) is 26.4 Å². The number of hydrogen-bond donors (Lipinski definition) is 1. The van der Waals surface area contributed by atoms with Gasteiger partial charge in [-0.25, -0.2) is 4.98 Å². The molecule has 1 amide bonds. The standard InChI is InChI=1S/C18H18BrN3O/c1-3-22-16-10-5-4-9-15(16)21-17(22)12(2)20-18(23)13-7-6-8-14(19)11-13/h4-12H,3H2,1-2H3,(H,20,23). The minimum absolute atomic E-state index is 0.103. The van der Waals surface area contributed by atoms with Crippen LogP contribution in [0.25, 0.3) is 11.0 Å². The molecule has 5 heteroatoms. The number of para-hydroxylation sites is 2. The van der Waals surface area contributed by atoms with Crippen LogP contribution in [0.2, 0.25) is 0 Å². The average Bonchev–Trinajstić information content (AvgIpc) is 2.93. The largest absolute Gasteiger partial charge is 0.342 e. The molecule has 0 saturated carbocycles. The quantitative estimate of drug-likeness (QED) is 0.742. The first-order chi connectivity index (χ1) is 11.1. The second kappa shape index (κ2) is 6.54. The van der Waals surface area contributed by atoms with Gasteiger partial charge in [0.05, 0.1) is 17.1 Å². The van der Waals surface area contributed by atoms with Gasteiger partial charge in [-0.15, -0.1) is 0 Å². The molecule has 3 rings (SSSR count). The zero-order valence-corrected chi connectivity index (χ0v) is 14.7. The second-order valence-corrected chi connectivity index (χ2v) is 6.32. The highest BCUT2D eigenvalue weighted by Gasteiger charge is 2.18. The summed E-state index contributed by atoms with van der Waals surface area (Å²) >= 11 is 3.39. The van der Waals surface area contributed by atoms with Gasteiger partial charge in [-0.3, -0.25) is 4.79 Å². The van der Waals surface area contributed by atoms with E-state index in [0.717, 1.165) is 27.9 Å². The van der Waals surface area contributed by atoms with Crippen molar-refractivity contribution >= 4 is 32.9 Å². The molecule has 1 N–H and O–H groups in total. The SMILES string of the molecule is CCn1c(C(C)NC(=O)c2cccc(Br)c2)nc2ccccc21. The van der Waals surface area contributed by atoms with Crippen molar-refractivity contribution in [3.8, 4) is 0 Å². The van der Waals surface area contributed by atoms with E-state index in [4.69, 9.17) is 0 Å². The summed E-state index contributed by atoms with van der Waals surface area (Å²) in [6.07, 6.45) is 0. The number of amides is 1. The molecule has 0 spiro atoms. The highest BCUT2D eigenvalue weighted by atomic mass is 79.9. The Bertz CT molecular complexity index is 856. The van der Waals surface area contributed by atoms with Gasteiger partial charge in [0.15, 0.2) is 0 Å². The molecule has 1 atom stereocenters. The Morgan fingerprint density at radius 3 is 2.78 bits per heavy atom. The van der Waals surface area contributed by atoms with Crippen LogP contribution in [0.1, 0.15) is 36.1 Å². The van der Waals surface area contributed by atoms with Crippen molar-refractivity contribution in [1.29, 1.82) is 0 Å². The second-order valence-electron chi connectivity index (χ2n) is 5.41. The fourth-order valence-corrected chi connectivity index (χ4v) is 3.13. The number of nitrogens with one attached hydrogen (secondary N) is 1. The van der Waals surface area contributed by atoms with Crippen LogP contribution in [0.4, 0.5) is 0 Å². The van der Waals surface area contributed by atoms with Gasteiger partial charge in [0.25, 0.3) is 5.91 Å². The van der Waals surface area contributed by atoms with Crippen LogP contribution >= 0.6 is 15.9 Å². The van der Waals surface area contributed by atoms with E-state index in [0.29, 0.717) is 5.56 Å². The number of rotatable bonds is 4. The predicted molar refractivity (Wildman–Crippen MR) is 95.4 cm³/mol. The predicted octanol–water partition coefficient (Wildman–Crippen LogP) is 4.31. The Hall–Kier alpha value is -2.14. The average molecular weight is 372 g/mol. The number of benzene rings is 2. The van der Waals surface area contributed by atoms with Crippen LogP contribution in [0.15, 0.2) is 53.0 Å². The molecule has 118 valence electrons. The summed E-state index contributed by atoms with van der Waals surface area (Å²) in [7, 11) is 0. The maximum Gasteiger partial charge on any atom is 0.251 e. The summed E-state index contributed by atoms with van der Waals surface area (Å²) in [5.74, 6) is 0.769. The van der Waals surface area contributed by atoms with Crippen LogP contribution in [-0.4, -0.2) is 15.5 Å². The Morgan fingerprint density at radius 1 is 1.26 bits per heavy atom. The van der Waals surface area contributed by atoms with Crippen molar-refractivity contribution in [2.75, 3.05) is 0 Å². The molecule has 2 aromatic carbocycles. The van der Waals surface area contributed by atoms with Gasteiger partial charge in [-0.05, 0) is 44.2 Å². The molecule has 0 saturated heterocycles. The van der Waals surface area contributed by atoms with E-state index < -0.39 is 0 Å². The van der Waals surface area contributed by atoms with Crippen LogP contribution in [0.5, 0.6) is 0 Å². The molecular weight excluding hydrogens is 354 g/mol. The van der Waals surface area contributed by atoms with Crippen molar-refractivity contribution < 1.29 is 4.79 Å². The van der Waals surface area contributed by atoms with Gasteiger partial charge in [0, 0.05) is 16.6 Å². The molecule has 3 aromatic rings. The summed E-state index contributed by atoms with van der Waals surface area (Å²) in [4.78, 5) is 17.1. The normalized spacial score (nSPS) is 12.3. The minimum Gasteiger partial charge on any atom is -0.342 e. The lowest BCUT2D eigenvalue weighted by Crippen LogP contribution is -2.28. The van der Waals surface area contributed by atoms with Gasteiger partial charge < -0.3 is 9.88 Å². The van der Waals surface area contributed by atoms with Crippen LogP contribution in [0.3, 0.4) is 0 Å². The molecule has 0 fully saturated rings. The molecule has 0 bridgehead atoms. The van der Waals surface area contributed by atoms with E-state index in [9.17, 15) is 4.79 Å². The number of fused-ring (bicyclic) bond motifs is 1. The van der Waals surface area contributed by atoms with E-state index in [2.05, 4.69) is 43.8 Å². The van der Waals surface area contributed by atoms with E-state index in [1.807, 2.05) is 43.3 Å². The summed E-state index contributed by atoms with van der Waals surface area (Å²) < 4.78 is 3.03. The topological polar surface area (TPSA) is 46.9 Å². The highest BCUT2D eigenvalue weighted by Crippen LogP contribution is 2.21. The maximum absolute atomic E-state index is 12.4. The van der Waals surface area contributed by atoms with Gasteiger partial charge in [0.2, 0.25) is 0 Å². The van der Waals surface area contributed by atoms with Crippen molar-refractivity contribution in [3.63, 3.8) is 0 Å². The molecule has 0 radical (unpaired) electrons. The zero-order chi connectivity index (χ0) is 16.4. The monoisotopic (exact) mass is 371 g/mol. The van der Waals surface area contributed by atoms with E-state index >= 15 is 0 Å². The van der Waals surface area contributed by atoms with E-state index in [1.54, 1.807) is 6.07 Å². The third kappa shape index (κ3) is 3.15. The van der Waals surface area contributed by atoms with Gasteiger partial charge in [-0.1, -0.05) is 34.1 Å². The summed E-state index contributed by atoms with van der Waals surface area (Å²) in [6, 6.07) is 15.2. The van der Waals surface area contributed by atoms with Crippen LogP contribution < -0.4 is 5.32 Å². The molecule has 1 unspecified atom stereocenters. The smallest absolute Gasteiger partial charge is 0.251 e. The van der Waals surface area contributed by atoms with E-state index in [1.165, 1.54) is 0 Å². The number of aryl methyl sites for hydroxylation is 1. The number of halogens is 1. The third-order valence-corrected chi connectivity index (χ3v) is 4.32. The molecule has 23 heavy (non-hydrogen) atoms. The van der Waals surface area contributed by atoms with Gasteiger partial charge in [-0.2, -0.15) is 0 Å². The number of nitrogens with zero attached hydrogens (tertiary/aromatic N) is 2. The van der Waals surface area contributed by atoms with Crippen molar-refractivity contribution in [3.05, 3.63) is 64.4 Å². The number of carbonyl (C=O) groups excluding carboxylic acids is 1. The first-order valence-corrected chi connectivity index (χ1v) is 8.41. The Morgan fingerprint density at radius 2 is 2.04 bits per heavy atom. The molecule has 0 aliphatic heterocycles. The number of hydrogen-bond acceptors (Lipinski definition) is 2. The van der Waals surface area contributed by atoms with Gasteiger partial charge in [0.1, 0.15) is 5.82 Å². The summed E-state index contributed by atoms with van der Waals surface area (Å²) in [5, 5.41) is 3.03.